The lowest BCUT2D eigenvalue weighted by Crippen LogP contribution is -2.04. The van der Waals surface area contributed by atoms with E-state index in [4.69, 9.17) is 4.42 Å². The highest BCUT2D eigenvalue weighted by Gasteiger charge is 2.13. The minimum Gasteiger partial charge on any atom is -0.508 e. The second-order valence-electron chi connectivity index (χ2n) is 4.55. The first-order valence-corrected chi connectivity index (χ1v) is 6.19. The van der Waals surface area contributed by atoms with Crippen molar-refractivity contribution in [1.29, 1.82) is 0 Å². The van der Waals surface area contributed by atoms with Crippen molar-refractivity contribution in [2.45, 2.75) is 0 Å². The number of phenols is 1. The molecule has 1 heterocycles. The molecule has 22 heavy (non-hydrogen) atoms. The van der Waals surface area contributed by atoms with Gasteiger partial charge in [0.1, 0.15) is 29.0 Å². The quantitative estimate of drug-likeness (QED) is 0.735. The van der Waals surface area contributed by atoms with Gasteiger partial charge in [0.05, 0.1) is 10.9 Å². The standard InChI is InChI=1S/C15H8N2O5/c18-9-3-1-8(2-4-9)11-7-22-14-6-13(17-21)12(16-20)5-10(14)15(11)19/h1-7,18H. The Morgan fingerprint density at radius 3 is 2.23 bits per heavy atom. The summed E-state index contributed by atoms with van der Waals surface area (Å²) in [4.78, 5) is 33.9. The van der Waals surface area contributed by atoms with E-state index in [1.54, 1.807) is 12.1 Å². The Labute approximate surface area is 122 Å². The van der Waals surface area contributed by atoms with Crippen LogP contribution in [0.15, 0.2) is 62.2 Å². The van der Waals surface area contributed by atoms with Crippen molar-refractivity contribution in [1.82, 2.24) is 0 Å². The van der Waals surface area contributed by atoms with E-state index in [2.05, 4.69) is 10.4 Å². The number of benzene rings is 2. The van der Waals surface area contributed by atoms with Crippen molar-refractivity contribution in [3.05, 3.63) is 62.7 Å². The molecule has 1 N–H and O–H groups in total. The van der Waals surface area contributed by atoms with Crippen LogP contribution in [0.2, 0.25) is 0 Å². The molecule has 0 saturated carbocycles. The van der Waals surface area contributed by atoms with Crippen molar-refractivity contribution >= 4 is 22.3 Å². The lowest BCUT2D eigenvalue weighted by Gasteiger charge is -2.04. The SMILES string of the molecule is O=Nc1cc2occ(-c3ccc(O)cc3)c(=O)c2cc1N=O. The highest BCUT2D eigenvalue weighted by atomic mass is 16.3. The van der Waals surface area contributed by atoms with Crippen LogP contribution in [0.1, 0.15) is 0 Å². The van der Waals surface area contributed by atoms with Crippen LogP contribution in [-0.4, -0.2) is 5.11 Å². The summed E-state index contributed by atoms with van der Waals surface area (Å²) < 4.78 is 5.35. The summed E-state index contributed by atoms with van der Waals surface area (Å²) in [6, 6.07) is 8.38. The Bertz CT molecular complexity index is 945. The molecule has 7 nitrogen and oxygen atoms in total. The zero-order valence-electron chi connectivity index (χ0n) is 11.0. The summed E-state index contributed by atoms with van der Waals surface area (Å²) in [5.74, 6) is 0.0723. The second-order valence-corrected chi connectivity index (χ2v) is 4.55. The Kier molecular flexibility index (Phi) is 3.23. The zero-order valence-corrected chi connectivity index (χ0v) is 11.0. The summed E-state index contributed by atoms with van der Waals surface area (Å²) >= 11 is 0. The third-order valence-corrected chi connectivity index (χ3v) is 3.24. The summed E-state index contributed by atoms with van der Waals surface area (Å²) in [6.45, 7) is 0. The third kappa shape index (κ3) is 2.14. The van der Waals surface area contributed by atoms with Crippen molar-refractivity contribution in [3.8, 4) is 16.9 Å². The molecule has 2 aromatic carbocycles. The fourth-order valence-electron chi connectivity index (χ4n) is 2.14. The maximum absolute atomic E-state index is 12.5. The molecule has 0 saturated heterocycles. The molecule has 0 atom stereocenters. The molecule has 1 aromatic heterocycles. The summed E-state index contributed by atoms with van der Waals surface area (Å²) in [5.41, 5.74) is 0.146. The minimum atomic E-state index is -0.380. The summed E-state index contributed by atoms with van der Waals surface area (Å²) in [6.07, 6.45) is 1.25. The molecule has 3 rings (SSSR count). The predicted molar refractivity (Wildman–Crippen MR) is 80.5 cm³/mol. The molecule has 0 radical (unpaired) electrons. The molecule has 108 valence electrons. The van der Waals surface area contributed by atoms with E-state index in [0.29, 0.717) is 5.56 Å². The first kappa shape index (κ1) is 13.6. The number of rotatable bonds is 3. The first-order chi connectivity index (χ1) is 10.6. The lowest BCUT2D eigenvalue weighted by molar-refractivity contribution is 0.475. The van der Waals surface area contributed by atoms with Gasteiger partial charge >= 0.3 is 0 Å². The van der Waals surface area contributed by atoms with E-state index in [1.165, 1.54) is 30.5 Å². The lowest BCUT2D eigenvalue weighted by atomic mass is 10.0. The van der Waals surface area contributed by atoms with Crippen LogP contribution >= 0.6 is 0 Å². The second kappa shape index (κ2) is 5.21. The number of phenolic OH excluding ortho intramolecular Hbond substituents is 1. The third-order valence-electron chi connectivity index (χ3n) is 3.24. The van der Waals surface area contributed by atoms with Crippen molar-refractivity contribution in [3.63, 3.8) is 0 Å². The van der Waals surface area contributed by atoms with E-state index in [9.17, 15) is 19.7 Å². The van der Waals surface area contributed by atoms with Gasteiger partial charge in [-0.25, -0.2) is 0 Å². The van der Waals surface area contributed by atoms with Crippen LogP contribution in [0, 0.1) is 9.81 Å². The van der Waals surface area contributed by atoms with Crippen molar-refractivity contribution < 1.29 is 9.52 Å². The molecular weight excluding hydrogens is 288 g/mol. The molecule has 3 aromatic rings. The fraction of sp³-hybridized carbons (Fsp3) is 0. The Morgan fingerprint density at radius 1 is 0.955 bits per heavy atom. The van der Waals surface area contributed by atoms with Crippen LogP contribution in [0.3, 0.4) is 0 Å². The molecule has 0 aliphatic carbocycles. The summed E-state index contributed by atoms with van der Waals surface area (Å²) in [7, 11) is 0. The van der Waals surface area contributed by atoms with Gasteiger partial charge in [-0.3, -0.25) is 4.79 Å². The van der Waals surface area contributed by atoms with Gasteiger partial charge in [0.25, 0.3) is 0 Å². The highest BCUT2D eigenvalue weighted by Crippen LogP contribution is 2.32. The van der Waals surface area contributed by atoms with Crippen LogP contribution in [0.4, 0.5) is 11.4 Å². The molecule has 0 unspecified atom stereocenters. The van der Waals surface area contributed by atoms with Gasteiger partial charge in [-0.2, -0.15) is 0 Å². The van der Waals surface area contributed by atoms with E-state index in [1.807, 2.05) is 0 Å². The van der Waals surface area contributed by atoms with Crippen molar-refractivity contribution in [2.24, 2.45) is 10.4 Å². The van der Waals surface area contributed by atoms with Gasteiger partial charge in [-0.1, -0.05) is 12.1 Å². The highest BCUT2D eigenvalue weighted by molar-refractivity contribution is 5.88. The van der Waals surface area contributed by atoms with Crippen LogP contribution < -0.4 is 5.43 Å². The number of nitrogens with zero attached hydrogens (tertiary/aromatic N) is 2. The number of nitroso groups, excluding NO2 is 2. The largest absolute Gasteiger partial charge is 0.508 e. The van der Waals surface area contributed by atoms with E-state index < -0.39 is 0 Å². The normalized spacial score (nSPS) is 10.5. The predicted octanol–water partition coefficient (Wildman–Crippen LogP) is 3.96. The van der Waals surface area contributed by atoms with Gasteiger partial charge in [0.15, 0.2) is 0 Å². The minimum absolute atomic E-state index is 0.0723. The van der Waals surface area contributed by atoms with E-state index in [0.717, 1.165) is 0 Å². The monoisotopic (exact) mass is 296 g/mol. The number of aromatic hydroxyl groups is 1. The van der Waals surface area contributed by atoms with Gasteiger partial charge in [0.2, 0.25) is 5.43 Å². The first-order valence-electron chi connectivity index (χ1n) is 6.19. The molecule has 0 aliphatic heterocycles. The molecular formula is C15H8N2O5. The topological polar surface area (TPSA) is 109 Å². The van der Waals surface area contributed by atoms with Gasteiger partial charge in [-0.15, -0.1) is 9.81 Å². The van der Waals surface area contributed by atoms with Gasteiger partial charge in [-0.05, 0) is 34.1 Å². The molecule has 7 heteroatoms. The van der Waals surface area contributed by atoms with E-state index in [-0.39, 0.29) is 39.1 Å². The van der Waals surface area contributed by atoms with Crippen molar-refractivity contribution in [2.75, 3.05) is 0 Å². The molecule has 0 bridgehead atoms. The Hall–Kier alpha value is -3.35. The van der Waals surface area contributed by atoms with Crippen LogP contribution in [0.5, 0.6) is 5.75 Å². The zero-order chi connectivity index (χ0) is 15.7. The number of fused-ring (bicyclic) bond motifs is 1. The Balaban J connectivity index is 2.29. The molecule has 0 fully saturated rings. The van der Waals surface area contributed by atoms with Crippen LogP contribution in [0.25, 0.3) is 22.1 Å². The maximum Gasteiger partial charge on any atom is 0.200 e. The smallest absolute Gasteiger partial charge is 0.200 e. The average Bonchev–Trinajstić information content (AvgIpc) is 2.55. The van der Waals surface area contributed by atoms with E-state index >= 15 is 0 Å². The van der Waals surface area contributed by atoms with Gasteiger partial charge in [0, 0.05) is 6.07 Å². The maximum atomic E-state index is 12.5. The van der Waals surface area contributed by atoms with Crippen LogP contribution in [-0.2, 0) is 0 Å². The summed E-state index contributed by atoms with van der Waals surface area (Å²) in [5, 5.41) is 14.8. The molecule has 0 spiro atoms. The Morgan fingerprint density at radius 2 is 1.59 bits per heavy atom. The fourth-order valence-corrected chi connectivity index (χ4v) is 2.14. The van der Waals surface area contributed by atoms with Gasteiger partial charge < -0.3 is 9.52 Å². The molecule has 0 aliphatic rings. The number of hydrogen-bond donors (Lipinski definition) is 1. The average molecular weight is 296 g/mol. The molecule has 0 amide bonds. The number of hydrogen-bond acceptors (Lipinski definition) is 7.